The van der Waals surface area contributed by atoms with Crippen LogP contribution < -0.4 is 4.90 Å². The third-order valence-electron chi connectivity index (χ3n) is 3.00. The highest BCUT2D eigenvalue weighted by molar-refractivity contribution is 5.54. The zero-order valence-corrected chi connectivity index (χ0v) is 11.2. The van der Waals surface area contributed by atoms with Crippen LogP contribution in [0.25, 0.3) is 0 Å². The maximum absolute atomic E-state index is 9.20. The van der Waals surface area contributed by atoms with Gasteiger partial charge in [0.15, 0.2) is 0 Å². The van der Waals surface area contributed by atoms with Crippen molar-refractivity contribution in [1.82, 2.24) is 4.98 Å². The van der Waals surface area contributed by atoms with Crippen molar-refractivity contribution in [3.05, 3.63) is 59.8 Å². The van der Waals surface area contributed by atoms with Gasteiger partial charge in [-0.05, 0) is 31.5 Å². The molecule has 2 aromatic rings. The molecule has 0 N–H and O–H groups in total. The fourth-order valence-corrected chi connectivity index (χ4v) is 2.00. The minimum absolute atomic E-state index is 0.280. The molecule has 0 fully saturated rings. The maximum atomic E-state index is 9.20. The third-order valence-corrected chi connectivity index (χ3v) is 3.00. The average molecular weight is 251 g/mol. The number of nitriles is 1. The second-order valence-electron chi connectivity index (χ2n) is 4.69. The average Bonchev–Trinajstić information content (AvgIpc) is 2.45. The fourth-order valence-electron chi connectivity index (χ4n) is 2.00. The van der Waals surface area contributed by atoms with E-state index >= 15 is 0 Å². The van der Waals surface area contributed by atoms with Crippen LogP contribution in [0.2, 0.25) is 0 Å². The second-order valence-corrected chi connectivity index (χ2v) is 4.69. The topological polar surface area (TPSA) is 39.9 Å². The van der Waals surface area contributed by atoms with Gasteiger partial charge in [-0.3, -0.25) is 0 Å². The summed E-state index contributed by atoms with van der Waals surface area (Å²) in [6, 6.07) is 16.3. The molecule has 0 unspecified atom stereocenters. The van der Waals surface area contributed by atoms with Crippen molar-refractivity contribution in [1.29, 1.82) is 5.26 Å². The monoisotopic (exact) mass is 251 g/mol. The van der Waals surface area contributed by atoms with Crippen molar-refractivity contribution in [3.8, 4) is 6.07 Å². The molecule has 1 aromatic carbocycles. The van der Waals surface area contributed by atoms with E-state index in [1.807, 2.05) is 24.3 Å². The zero-order valence-electron chi connectivity index (χ0n) is 11.2. The summed E-state index contributed by atoms with van der Waals surface area (Å²) in [5, 5.41) is 9.20. The normalized spacial score (nSPS) is 10.2. The van der Waals surface area contributed by atoms with Crippen molar-refractivity contribution < 1.29 is 0 Å². The number of aromatic nitrogens is 1. The quantitative estimate of drug-likeness (QED) is 0.836. The van der Waals surface area contributed by atoms with Gasteiger partial charge in [-0.25, -0.2) is 4.98 Å². The lowest BCUT2D eigenvalue weighted by Crippen LogP contribution is -2.31. The van der Waals surface area contributed by atoms with Crippen molar-refractivity contribution in [2.24, 2.45) is 0 Å². The van der Waals surface area contributed by atoms with Gasteiger partial charge in [-0.15, -0.1) is 0 Å². The van der Waals surface area contributed by atoms with E-state index in [9.17, 15) is 5.26 Å². The third kappa shape index (κ3) is 3.11. The Balaban J connectivity index is 2.33. The summed E-state index contributed by atoms with van der Waals surface area (Å²) in [7, 11) is 0. The Morgan fingerprint density at radius 3 is 2.53 bits per heavy atom. The number of nitrogens with zero attached hydrogens (tertiary/aromatic N) is 3. The Morgan fingerprint density at radius 2 is 1.89 bits per heavy atom. The first-order valence-corrected chi connectivity index (χ1v) is 6.38. The predicted octanol–water partition coefficient (Wildman–Crippen LogP) is 3.37. The maximum Gasteiger partial charge on any atom is 0.147 e. The smallest absolute Gasteiger partial charge is 0.147 e. The van der Waals surface area contributed by atoms with Gasteiger partial charge in [0.2, 0.25) is 0 Å². The van der Waals surface area contributed by atoms with E-state index in [0.29, 0.717) is 5.56 Å². The molecule has 19 heavy (non-hydrogen) atoms. The molecule has 96 valence electrons. The molecule has 1 aromatic heterocycles. The Morgan fingerprint density at radius 1 is 1.16 bits per heavy atom. The highest BCUT2D eigenvalue weighted by Crippen LogP contribution is 2.21. The zero-order chi connectivity index (χ0) is 13.7. The molecule has 0 saturated heterocycles. The lowest BCUT2D eigenvalue weighted by molar-refractivity contribution is 0.671. The van der Waals surface area contributed by atoms with E-state index in [0.717, 1.165) is 12.4 Å². The minimum atomic E-state index is 0.280. The summed E-state index contributed by atoms with van der Waals surface area (Å²) in [5.41, 5.74) is 1.83. The highest BCUT2D eigenvalue weighted by atomic mass is 15.2. The molecule has 0 bridgehead atoms. The molecule has 3 heteroatoms. The first-order valence-electron chi connectivity index (χ1n) is 6.38. The van der Waals surface area contributed by atoms with Crippen molar-refractivity contribution in [3.63, 3.8) is 0 Å². The summed E-state index contributed by atoms with van der Waals surface area (Å²) in [6.07, 6.45) is 1.73. The number of anilines is 1. The molecular formula is C16H17N3. The van der Waals surface area contributed by atoms with Crippen molar-refractivity contribution in [2.75, 3.05) is 4.90 Å². The predicted molar refractivity (Wildman–Crippen MR) is 76.7 cm³/mol. The molecule has 0 spiro atoms. The summed E-state index contributed by atoms with van der Waals surface area (Å²) in [5.74, 6) is 0.754. The number of hydrogen-bond acceptors (Lipinski definition) is 3. The van der Waals surface area contributed by atoms with Crippen LogP contribution >= 0.6 is 0 Å². The molecular weight excluding hydrogens is 234 g/mol. The lowest BCUT2D eigenvalue weighted by Gasteiger charge is -2.28. The van der Waals surface area contributed by atoms with E-state index < -0.39 is 0 Å². The fraction of sp³-hybridized carbons (Fsp3) is 0.250. The number of rotatable bonds is 4. The Labute approximate surface area is 114 Å². The number of pyridine rings is 1. The summed E-state index contributed by atoms with van der Waals surface area (Å²) < 4.78 is 0. The first-order chi connectivity index (χ1) is 9.22. The lowest BCUT2D eigenvalue weighted by atomic mass is 10.1. The molecule has 2 rings (SSSR count). The number of benzene rings is 1. The van der Waals surface area contributed by atoms with Gasteiger partial charge < -0.3 is 4.90 Å². The van der Waals surface area contributed by atoms with Gasteiger partial charge >= 0.3 is 0 Å². The first kappa shape index (κ1) is 13.1. The second kappa shape index (κ2) is 6.01. The van der Waals surface area contributed by atoms with Crippen LogP contribution in [0.15, 0.2) is 48.7 Å². The standard InChI is InChI=1S/C16H17N3/c1-13(2)19(12-14-7-4-3-5-8-14)16-15(11-17)9-6-10-18-16/h3-10,13H,12H2,1-2H3. The highest BCUT2D eigenvalue weighted by Gasteiger charge is 2.15. The van der Waals surface area contributed by atoms with E-state index in [1.54, 1.807) is 12.3 Å². The van der Waals surface area contributed by atoms with Gasteiger partial charge in [0, 0.05) is 18.8 Å². The molecule has 1 heterocycles. The van der Waals surface area contributed by atoms with Crippen LogP contribution in [0, 0.1) is 11.3 Å². The number of hydrogen-bond donors (Lipinski definition) is 0. The van der Waals surface area contributed by atoms with Crippen LogP contribution in [-0.2, 0) is 6.54 Å². The largest absolute Gasteiger partial charge is 0.349 e. The molecule has 0 aliphatic carbocycles. The summed E-state index contributed by atoms with van der Waals surface area (Å²) in [6.45, 7) is 4.97. The van der Waals surface area contributed by atoms with E-state index in [4.69, 9.17) is 0 Å². The van der Waals surface area contributed by atoms with Crippen LogP contribution in [0.4, 0.5) is 5.82 Å². The van der Waals surface area contributed by atoms with E-state index in [2.05, 4.69) is 41.9 Å². The van der Waals surface area contributed by atoms with Gasteiger partial charge in [0.25, 0.3) is 0 Å². The molecule has 0 amide bonds. The Bertz CT molecular complexity index is 570. The Hall–Kier alpha value is -2.34. The Kier molecular flexibility index (Phi) is 4.15. The van der Waals surface area contributed by atoms with Crippen molar-refractivity contribution in [2.45, 2.75) is 26.4 Å². The molecule has 3 nitrogen and oxygen atoms in total. The van der Waals surface area contributed by atoms with Gasteiger partial charge in [-0.2, -0.15) is 5.26 Å². The SMILES string of the molecule is CC(C)N(Cc1ccccc1)c1ncccc1C#N. The molecule has 0 radical (unpaired) electrons. The minimum Gasteiger partial charge on any atom is -0.349 e. The molecule has 0 aliphatic heterocycles. The van der Waals surface area contributed by atoms with Crippen LogP contribution in [0.1, 0.15) is 25.0 Å². The van der Waals surface area contributed by atoms with Crippen molar-refractivity contribution >= 4 is 5.82 Å². The summed E-state index contributed by atoms with van der Waals surface area (Å²) >= 11 is 0. The van der Waals surface area contributed by atoms with Gasteiger partial charge in [0.05, 0.1) is 5.56 Å². The molecule has 0 aliphatic rings. The molecule has 0 atom stereocenters. The van der Waals surface area contributed by atoms with E-state index in [1.165, 1.54) is 5.56 Å². The molecule has 0 saturated carbocycles. The van der Waals surface area contributed by atoms with Gasteiger partial charge in [0.1, 0.15) is 11.9 Å². The van der Waals surface area contributed by atoms with Gasteiger partial charge in [-0.1, -0.05) is 30.3 Å². The van der Waals surface area contributed by atoms with Crippen LogP contribution in [0.3, 0.4) is 0 Å². The van der Waals surface area contributed by atoms with Crippen LogP contribution in [-0.4, -0.2) is 11.0 Å². The summed E-state index contributed by atoms with van der Waals surface area (Å²) in [4.78, 5) is 6.52. The van der Waals surface area contributed by atoms with Crippen LogP contribution in [0.5, 0.6) is 0 Å². The van der Waals surface area contributed by atoms with E-state index in [-0.39, 0.29) is 6.04 Å².